The fourth-order valence-electron chi connectivity index (χ4n) is 2.15. The van der Waals surface area contributed by atoms with Gasteiger partial charge in [-0.05, 0) is 31.0 Å². The topological polar surface area (TPSA) is 30.2 Å². The average molecular weight is 337 g/mol. The lowest BCUT2D eigenvalue weighted by molar-refractivity contribution is -0.137. The number of thioether (sulfide) groups is 1. The Balaban J connectivity index is 1.73. The highest BCUT2D eigenvalue weighted by Gasteiger charge is 2.31. The molecule has 0 aliphatic heterocycles. The Hall–Kier alpha value is -2.02. The molecule has 0 aliphatic rings. The fraction of sp³-hybridized carbons (Fsp3) is 0.250. The molecule has 0 saturated carbocycles. The van der Waals surface area contributed by atoms with E-state index >= 15 is 0 Å². The third-order valence-electron chi connectivity index (χ3n) is 3.44. The first-order chi connectivity index (χ1) is 10.9. The van der Waals surface area contributed by atoms with Crippen LogP contribution in [0.1, 0.15) is 16.7 Å². The van der Waals surface area contributed by atoms with E-state index < -0.39 is 11.7 Å². The average Bonchev–Trinajstić information content (AvgIpc) is 2.91. The summed E-state index contributed by atoms with van der Waals surface area (Å²) in [5, 5.41) is 8.35. The van der Waals surface area contributed by atoms with Crippen LogP contribution in [-0.2, 0) is 12.6 Å². The highest BCUT2D eigenvalue weighted by atomic mass is 32.2. The number of fused-ring (bicyclic) bond motifs is 1. The molecule has 0 unspecified atom stereocenters. The molecule has 3 aromatic rings. The zero-order valence-electron chi connectivity index (χ0n) is 12.3. The van der Waals surface area contributed by atoms with Crippen LogP contribution >= 0.6 is 11.8 Å². The van der Waals surface area contributed by atoms with Crippen LogP contribution < -0.4 is 0 Å². The van der Waals surface area contributed by atoms with E-state index in [1.54, 1.807) is 0 Å². The van der Waals surface area contributed by atoms with Crippen LogP contribution in [0.2, 0.25) is 0 Å². The number of pyridine rings is 1. The van der Waals surface area contributed by atoms with Crippen molar-refractivity contribution < 1.29 is 13.2 Å². The third kappa shape index (κ3) is 3.67. The number of aryl methyl sites for hydroxylation is 2. The number of aromatic nitrogens is 3. The van der Waals surface area contributed by atoms with Crippen LogP contribution in [-0.4, -0.2) is 20.4 Å². The van der Waals surface area contributed by atoms with Crippen molar-refractivity contribution in [1.29, 1.82) is 0 Å². The Morgan fingerprint density at radius 1 is 1.04 bits per heavy atom. The van der Waals surface area contributed by atoms with Crippen molar-refractivity contribution in [3.05, 3.63) is 59.3 Å². The maximum absolute atomic E-state index is 12.8. The lowest BCUT2D eigenvalue weighted by atomic mass is 10.1. The molecule has 0 fully saturated rings. The zero-order chi connectivity index (χ0) is 16.4. The van der Waals surface area contributed by atoms with Gasteiger partial charge in [-0.2, -0.15) is 13.2 Å². The maximum atomic E-state index is 12.8. The molecule has 0 saturated heterocycles. The standard InChI is InChI=1S/C16H14F3N3S/c1-11-2-4-12(5-3-11)8-9-23-15-21-20-14-7-6-13(10-22(14)15)16(17,18)19/h2-7,10H,8-9H2,1H3. The molecular weight excluding hydrogens is 323 g/mol. The Labute approximate surface area is 135 Å². The molecule has 3 rings (SSSR count). The van der Waals surface area contributed by atoms with E-state index in [1.807, 2.05) is 19.1 Å². The van der Waals surface area contributed by atoms with E-state index in [0.29, 0.717) is 10.8 Å². The maximum Gasteiger partial charge on any atom is 0.417 e. The van der Waals surface area contributed by atoms with Gasteiger partial charge in [-0.25, -0.2) is 0 Å². The molecule has 1 aromatic carbocycles. The van der Waals surface area contributed by atoms with Gasteiger partial charge in [0.2, 0.25) is 0 Å². The number of halogens is 3. The van der Waals surface area contributed by atoms with Crippen molar-refractivity contribution in [3.8, 4) is 0 Å². The third-order valence-corrected chi connectivity index (χ3v) is 4.39. The molecule has 0 amide bonds. The molecule has 0 spiro atoms. The van der Waals surface area contributed by atoms with Gasteiger partial charge in [0, 0.05) is 11.9 Å². The molecule has 0 atom stereocenters. The first-order valence-electron chi connectivity index (χ1n) is 7.04. The van der Waals surface area contributed by atoms with Gasteiger partial charge in [0.25, 0.3) is 0 Å². The summed E-state index contributed by atoms with van der Waals surface area (Å²) in [4.78, 5) is 0. The van der Waals surface area contributed by atoms with E-state index in [4.69, 9.17) is 0 Å². The number of nitrogens with zero attached hydrogens (tertiary/aromatic N) is 3. The molecule has 0 aliphatic carbocycles. The summed E-state index contributed by atoms with van der Waals surface area (Å²) in [6.45, 7) is 2.03. The summed E-state index contributed by atoms with van der Waals surface area (Å²) in [7, 11) is 0. The van der Waals surface area contributed by atoms with Crippen LogP contribution in [0.3, 0.4) is 0 Å². The van der Waals surface area contributed by atoms with Crippen LogP contribution in [0.5, 0.6) is 0 Å². The highest BCUT2D eigenvalue weighted by Crippen LogP contribution is 2.30. The van der Waals surface area contributed by atoms with Crippen molar-refractivity contribution in [3.63, 3.8) is 0 Å². The lowest BCUT2D eigenvalue weighted by Crippen LogP contribution is -2.06. The summed E-state index contributed by atoms with van der Waals surface area (Å²) in [5.74, 6) is 0.722. The number of benzene rings is 1. The van der Waals surface area contributed by atoms with E-state index in [-0.39, 0.29) is 0 Å². The summed E-state index contributed by atoms with van der Waals surface area (Å²) in [6, 6.07) is 10.5. The Kier molecular flexibility index (Phi) is 4.30. The SMILES string of the molecule is Cc1ccc(CCSc2nnc3ccc(C(F)(F)F)cn23)cc1. The molecule has 23 heavy (non-hydrogen) atoms. The number of alkyl halides is 3. The van der Waals surface area contributed by atoms with Gasteiger partial charge in [0.05, 0.1) is 5.56 Å². The van der Waals surface area contributed by atoms with E-state index in [1.165, 1.54) is 33.4 Å². The van der Waals surface area contributed by atoms with Crippen LogP contribution in [0, 0.1) is 6.92 Å². The molecule has 0 bridgehead atoms. The molecule has 3 nitrogen and oxygen atoms in total. The number of rotatable bonds is 4. The van der Waals surface area contributed by atoms with Crippen LogP contribution in [0.25, 0.3) is 5.65 Å². The smallest absolute Gasteiger partial charge is 0.277 e. The van der Waals surface area contributed by atoms with Crippen LogP contribution in [0.4, 0.5) is 13.2 Å². The van der Waals surface area contributed by atoms with Gasteiger partial charge in [-0.15, -0.1) is 10.2 Å². The summed E-state index contributed by atoms with van der Waals surface area (Å²) >= 11 is 1.40. The summed E-state index contributed by atoms with van der Waals surface area (Å²) in [5.41, 5.74) is 2.10. The molecule has 0 radical (unpaired) electrons. The van der Waals surface area contributed by atoms with Gasteiger partial charge in [0.15, 0.2) is 10.8 Å². The first kappa shape index (κ1) is 15.9. The second-order valence-electron chi connectivity index (χ2n) is 5.21. The van der Waals surface area contributed by atoms with Crippen molar-refractivity contribution in [2.45, 2.75) is 24.7 Å². The molecular formula is C16H14F3N3S. The van der Waals surface area contributed by atoms with E-state index in [0.717, 1.165) is 24.4 Å². The highest BCUT2D eigenvalue weighted by molar-refractivity contribution is 7.99. The second-order valence-corrected chi connectivity index (χ2v) is 6.27. The fourth-order valence-corrected chi connectivity index (χ4v) is 3.06. The van der Waals surface area contributed by atoms with Gasteiger partial charge < -0.3 is 0 Å². The molecule has 2 heterocycles. The molecule has 120 valence electrons. The normalized spacial score (nSPS) is 12.0. The van der Waals surface area contributed by atoms with Gasteiger partial charge >= 0.3 is 6.18 Å². The Bertz CT molecular complexity index is 810. The van der Waals surface area contributed by atoms with Crippen molar-refractivity contribution in [2.75, 3.05) is 5.75 Å². The van der Waals surface area contributed by atoms with Gasteiger partial charge in [-0.1, -0.05) is 41.6 Å². The minimum Gasteiger partial charge on any atom is -0.277 e. The quantitative estimate of drug-likeness (QED) is 0.661. The lowest BCUT2D eigenvalue weighted by Gasteiger charge is -2.07. The second kappa shape index (κ2) is 6.23. The van der Waals surface area contributed by atoms with Crippen molar-refractivity contribution >= 4 is 17.4 Å². The molecule has 2 aromatic heterocycles. The summed E-state index contributed by atoms with van der Waals surface area (Å²) < 4.78 is 39.8. The number of hydrogen-bond acceptors (Lipinski definition) is 3. The summed E-state index contributed by atoms with van der Waals surface area (Å²) in [6.07, 6.45) is -2.51. The van der Waals surface area contributed by atoms with Crippen LogP contribution in [0.15, 0.2) is 47.8 Å². The van der Waals surface area contributed by atoms with Crippen molar-refractivity contribution in [2.24, 2.45) is 0 Å². The molecule has 0 N–H and O–H groups in total. The van der Waals surface area contributed by atoms with Gasteiger partial charge in [-0.3, -0.25) is 4.40 Å². The predicted octanol–water partition coefficient (Wildman–Crippen LogP) is 4.39. The predicted molar refractivity (Wildman–Crippen MR) is 83.6 cm³/mol. The monoisotopic (exact) mass is 337 g/mol. The Morgan fingerprint density at radius 2 is 1.78 bits per heavy atom. The molecule has 7 heteroatoms. The zero-order valence-corrected chi connectivity index (χ0v) is 13.2. The largest absolute Gasteiger partial charge is 0.417 e. The van der Waals surface area contributed by atoms with Gasteiger partial charge in [0.1, 0.15) is 0 Å². The first-order valence-corrected chi connectivity index (χ1v) is 8.02. The minimum absolute atomic E-state index is 0.413. The Morgan fingerprint density at radius 3 is 2.48 bits per heavy atom. The minimum atomic E-state index is -4.37. The van der Waals surface area contributed by atoms with Crippen molar-refractivity contribution in [1.82, 2.24) is 14.6 Å². The number of hydrogen-bond donors (Lipinski definition) is 0. The van der Waals surface area contributed by atoms with E-state index in [9.17, 15) is 13.2 Å². The van der Waals surface area contributed by atoms with E-state index in [2.05, 4.69) is 22.3 Å².